The van der Waals surface area contributed by atoms with Crippen molar-refractivity contribution in [2.24, 2.45) is 0 Å². The van der Waals surface area contributed by atoms with Gasteiger partial charge in [0.15, 0.2) is 11.6 Å². The standard InChI is InChI=1S/C36H36N2O4/c1-25-15-19-27(20-16-25)33(39)29-11-5-7-13-31(29)35(41)37-23-9-3-4-10-24-38-36(42)32-14-8-6-12-30(32)34(40)28-21-17-26(2)18-22-28/h5-8,11-22H,3-4,9-10,23-24H2,1-2H3,(H,37,41)(H,38,42). The zero-order valence-electron chi connectivity index (χ0n) is 24.1. The lowest BCUT2D eigenvalue weighted by atomic mass is 9.97. The first-order valence-electron chi connectivity index (χ1n) is 14.3. The lowest BCUT2D eigenvalue weighted by Crippen LogP contribution is -2.27. The zero-order chi connectivity index (χ0) is 29.9. The van der Waals surface area contributed by atoms with Crippen LogP contribution in [0.4, 0.5) is 0 Å². The summed E-state index contributed by atoms with van der Waals surface area (Å²) in [6.45, 7) is 4.91. The Morgan fingerprint density at radius 2 is 0.786 bits per heavy atom. The van der Waals surface area contributed by atoms with Gasteiger partial charge in [0.1, 0.15) is 0 Å². The van der Waals surface area contributed by atoms with Crippen molar-refractivity contribution >= 4 is 23.4 Å². The van der Waals surface area contributed by atoms with Crippen molar-refractivity contribution in [2.45, 2.75) is 39.5 Å². The summed E-state index contributed by atoms with van der Waals surface area (Å²) in [4.78, 5) is 51.7. The molecule has 0 fully saturated rings. The third kappa shape index (κ3) is 7.88. The molecular formula is C36H36N2O4. The van der Waals surface area contributed by atoms with Crippen LogP contribution in [0, 0.1) is 13.8 Å². The van der Waals surface area contributed by atoms with E-state index in [-0.39, 0.29) is 23.4 Å². The molecule has 0 saturated heterocycles. The molecular weight excluding hydrogens is 524 g/mol. The molecule has 0 saturated carbocycles. The predicted octanol–water partition coefficient (Wildman–Crippen LogP) is 6.49. The Morgan fingerprint density at radius 1 is 0.452 bits per heavy atom. The Bertz CT molecular complexity index is 1440. The van der Waals surface area contributed by atoms with E-state index in [4.69, 9.17) is 0 Å². The van der Waals surface area contributed by atoms with Gasteiger partial charge < -0.3 is 10.6 Å². The summed E-state index contributed by atoms with van der Waals surface area (Å²) in [5, 5.41) is 5.85. The van der Waals surface area contributed by atoms with Crippen molar-refractivity contribution in [3.05, 3.63) is 142 Å². The van der Waals surface area contributed by atoms with Gasteiger partial charge in [0.2, 0.25) is 0 Å². The van der Waals surface area contributed by atoms with Crippen molar-refractivity contribution in [2.75, 3.05) is 13.1 Å². The van der Waals surface area contributed by atoms with Crippen LogP contribution in [0.15, 0.2) is 97.1 Å². The SMILES string of the molecule is Cc1ccc(C(=O)c2ccccc2C(=O)NCCCCCCNC(=O)c2ccccc2C(=O)c2ccc(C)cc2)cc1. The average molecular weight is 561 g/mol. The first-order chi connectivity index (χ1) is 20.3. The summed E-state index contributed by atoms with van der Waals surface area (Å²) in [7, 11) is 0. The predicted molar refractivity (Wildman–Crippen MR) is 165 cm³/mol. The van der Waals surface area contributed by atoms with Gasteiger partial charge in [-0.05, 0) is 38.8 Å². The molecule has 42 heavy (non-hydrogen) atoms. The van der Waals surface area contributed by atoms with Gasteiger partial charge in [0, 0.05) is 35.3 Å². The van der Waals surface area contributed by atoms with E-state index in [2.05, 4.69) is 10.6 Å². The number of aryl methyl sites for hydroxylation is 2. The van der Waals surface area contributed by atoms with Gasteiger partial charge >= 0.3 is 0 Å². The molecule has 0 bridgehead atoms. The fraction of sp³-hybridized carbons (Fsp3) is 0.222. The largest absolute Gasteiger partial charge is 0.352 e. The molecule has 2 amide bonds. The van der Waals surface area contributed by atoms with Crippen LogP contribution in [0.5, 0.6) is 0 Å². The molecule has 4 aromatic carbocycles. The van der Waals surface area contributed by atoms with Crippen LogP contribution in [0.2, 0.25) is 0 Å². The maximum Gasteiger partial charge on any atom is 0.252 e. The zero-order valence-corrected chi connectivity index (χ0v) is 24.1. The van der Waals surface area contributed by atoms with E-state index in [0.717, 1.165) is 36.8 Å². The number of amides is 2. The lowest BCUT2D eigenvalue weighted by molar-refractivity contribution is 0.0936. The molecule has 214 valence electrons. The van der Waals surface area contributed by atoms with E-state index in [9.17, 15) is 19.2 Å². The van der Waals surface area contributed by atoms with E-state index < -0.39 is 0 Å². The van der Waals surface area contributed by atoms with Crippen LogP contribution in [-0.4, -0.2) is 36.5 Å². The van der Waals surface area contributed by atoms with E-state index in [1.165, 1.54) is 0 Å². The van der Waals surface area contributed by atoms with Crippen molar-refractivity contribution in [3.8, 4) is 0 Å². The first kappa shape index (κ1) is 30.1. The molecule has 0 atom stereocenters. The number of unbranched alkanes of at least 4 members (excludes halogenated alkanes) is 3. The van der Waals surface area contributed by atoms with Gasteiger partial charge in [-0.25, -0.2) is 0 Å². The summed E-state index contributed by atoms with van der Waals surface area (Å²) in [5.41, 5.74) is 4.74. The minimum atomic E-state index is -0.267. The third-order valence-electron chi connectivity index (χ3n) is 7.13. The minimum Gasteiger partial charge on any atom is -0.352 e. The third-order valence-corrected chi connectivity index (χ3v) is 7.13. The second-order valence-electron chi connectivity index (χ2n) is 10.4. The molecule has 0 radical (unpaired) electrons. The minimum absolute atomic E-state index is 0.176. The van der Waals surface area contributed by atoms with E-state index >= 15 is 0 Å². The van der Waals surface area contributed by atoms with Gasteiger partial charge in [-0.1, -0.05) is 109 Å². The highest BCUT2D eigenvalue weighted by Crippen LogP contribution is 2.17. The molecule has 0 heterocycles. The molecule has 0 aliphatic rings. The monoisotopic (exact) mass is 560 g/mol. The lowest BCUT2D eigenvalue weighted by Gasteiger charge is -2.11. The second kappa shape index (κ2) is 14.7. The van der Waals surface area contributed by atoms with Crippen molar-refractivity contribution in [1.82, 2.24) is 10.6 Å². The topological polar surface area (TPSA) is 92.3 Å². The number of hydrogen-bond donors (Lipinski definition) is 2. The molecule has 0 unspecified atom stereocenters. The van der Waals surface area contributed by atoms with E-state index in [0.29, 0.717) is 46.5 Å². The quantitative estimate of drug-likeness (QED) is 0.145. The van der Waals surface area contributed by atoms with Crippen molar-refractivity contribution in [1.29, 1.82) is 0 Å². The molecule has 0 spiro atoms. The normalized spacial score (nSPS) is 10.6. The smallest absolute Gasteiger partial charge is 0.252 e. The fourth-order valence-electron chi connectivity index (χ4n) is 4.68. The molecule has 0 aliphatic carbocycles. The van der Waals surface area contributed by atoms with Crippen LogP contribution in [0.1, 0.15) is 89.4 Å². The van der Waals surface area contributed by atoms with Crippen molar-refractivity contribution < 1.29 is 19.2 Å². The molecule has 6 heteroatoms. The second-order valence-corrected chi connectivity index (χ2v) is 10.4. The summed E-state index contributed by atoms with van der Waals surface area (Å²) in [6.07, 6.45) is 3.31. The Labute approximate surface area is 247 Å². The summed E-state index contributed by atoms with van der Waals surface area (Å²) in [6, 6.07) is 28.4. The fourth-order valence-corrected chi connectivity index (χ4v) is 4.68. The van der Waals surface area contributed by atoms with Crippen LogP contribution in [0.3, 0.4) is 0 Å². The molecule has 0 aliphatic heterocycles. The summed E-state index contributed by atoms with van der Waals surface area (Å²) >= 11 is 0. The highest BCUT2D eigenvalue weighted by molar-refractivity contribution is 6.16. The molecule has 4 rings (SSSR count). The van der Waals surface area contributed by atoms with Gasteiger partial charge in [-0.2, -0.15) is 0 Å². The van der Waals surface area contributed by atoms with Crippen LogP contribution < -0.4 is 10.6 Å². The van der Waals surface area contributed by atoms with E-state index in [1.807, 2.05) is 38.1 Å². The molecule has 0 aromatic heterocycles. The van der Waals surface area contributed by atoms with Crippen LogP contribution in [0.25, 0.3) is 0 Å². The maximum atomic E-state index is 13.0. The number of ketones is 2. The number of hydrogen-bond acceptors (Lipinski definition) is 4. The number of benzene rings is 4. The van der Waals surface area contributed by atoms with E-state index in [1.54, 1.807) is 72.8 Å². The summed E-state index contributed by atoms with van der Waals surface area (Å²) in [5.74, 6) is -0.885. The maximum absolute atomic E-state index is 13.0. The Balaban J connectivity index is 1.19. The number of nitrogens with one attached hydrogen (secondary N) is 2. The molecule has 4 aromatic rings. The van der Waals surface area contributed by atoms with Gasteiger partial charge in [0.25, 0.3) is 11.8 Å². The highest BCUT2D eigenvalue weighted by atomic mass is 16.2. The average Bonchev–Trinajstić information content (AvgIpc) is 3.02. The Hall–Kier alpha value is -4.84. The van der Waals surface area contributed by atoms with Crippen LogP contribution in [-0.2, 0) is 0 Å². The Morgan fingerprint density at radius 3 is 1.14 bits per heavy atom. The van der Waals surface area contributed by atoms with Gasteiger partial charge in [0.05, 0.1) is 11.1 Å². The number of carbonyl (C=O) groups excluding carboxylic acids is 4. The molecule has 6 nitrogen and oxygen atoms in total. The van der Waals surface area contributed by atoms with Gasteiger partial charge in [-0.15, -0.1) is 0 Å². The number of rotatable bonds is 13. The summed E-state index contributed by atoms with van der Waals surface area (Å²) < 4.78 is 0. The van der Waals surface area contributed by atoms with Crippen LogP contribution >= 0.6 is 0 Å². The number of carbonyl (C=O) groups is 4. The Kier molecular flexibility index (Phi) is 10.5. The first-order valence-corrected chi connectivity index (χ1v) is 14.3. The highest BCUT2D eigenvalue weighted by Gasteiger charge is 2.19. The van der Waals surface area contributed by atoms with Crippen molar-refractivity contribution in [3.63, 3.8) is 0 Å². The van der Waals surface area contributed by atoms with Gasteiger partial charge in [-0.3, -0.25) is 19.2 Å². The molecule has 2 N–H and O–H groups in total.